The molecule has 0 aliphatic heterocycles. The lowest BCUT2D eigenvalue weighted by Crippen LogP contribution is -2.30. The van der Waals surface area contributed by atoms with E-state index >= 15 is 0 Å². The fraction of sp³-hybridized carbons (Fsp3) is 0.200. The van der Waals surface area contributed by atoms with E-state index in [-0.39, 0.29) is 5.91 Å². The highest BCUT2D eigenvalue weighted by molar-refractivity contribution is 5.82. The zero-order valence-corrected chi connectivity index (χ0v) is 16.7. The number of hydrogen-bond donors (Lipinski definition) is 0. The van der Waals surface area contributed by atoms with Crippen molar-refractivity contribution in [3.05, 3.63) is 102 Å². The quantitative estimate of drug-likeness (QED) is 0.452. The molecule has 29 heavy (non-hydrogen) atoms. The predicted molar refractivity (Wildman–Crippen MR) is 116 cm³/mol. The smallest absolute Gasteiger partial charge is 0.225 e. The van der Waals surface area contributed by atoms with Crippen LogP contribution >= 0.6 is 0 Å². The Hall–Kier alpha value is -3.40. The molecule has 146 valence electrons. The first-order valence-electron chi connectivity index (χ1n) is 9.97. The summed E-state index contributed by atoms with van der Waals surface area (Å²) in [6.07, 6.45) is 2.31. The number of aryl methyl sites for hydroxylation is 2. The van der Waals surface area contributed by atoms with Gasteiger partial charge in [-0.05, 0) is 29.7 Å². The third-order valence-electron chi connectivity index (χ3n) is 5.23. The maximum Gasteiger partial charge on any atom is 0.225 e. The lowest BCUT2D eigenvalue weighted by atomic mass is 10.1. The number of benzene rings is 3. The number of hydrogen-bond acceptors (Lipinski definition) is 2. The van der Waals surface area contributed by atoms with Crippen molar-refractivity contribution in [1.82, 2.24) is 14.7 Å². The largest absolute Gasteiger partial charge is 0.334 e. The second-order valence-corrected chi connectivity index (χ2v) is 7.35. The Bertz CT molecular complexity index is 1050. The van der Waals surface area contributed by atoms with Crippen molar-refractivity contribution in [1.29, 1.82) is 0 Å². The topological polar surface area (TPSA) is 38.1 Å². The summed E-state index contributed by atoms with van der Waals surface area (Å²) in [5.74, 6) is 0.133. The Morgan fingerprint density at radius 3 is 2.10 bits per heavy atom. The van der Waals surface area contributed by atoms with Crippen LogP contribution in [0.5, 0.6) is 0 Å². The molecule has 0 spiro atoms. The number of carbonyl (C=O) groups is 1. The maximum atomic E-state index is 13.1. The minimum Gasteiger partial charge on any atom is -0.334 e. The van der Waals surface area contributed by atoms with E-state index < -0.39 is 0 Å². The molecular formula is C25H25N3O. The third-order valence-corrected chi connectivity index (χ3v) is 5.23. The average Bonchev–Trinajstić information content (AvgIpc) is 3.17. The summed E-state index contributed by atoms with van der Waals surface area (Å²) < 4.78 is 1.93. The summed E-state index contributed by atoms with van der Waals surface area (Å²) >= 11 is 0. The molecule has 0 atom stereocenters. The van der Waals surface area contributed by atoms with E-state index in [1.165, 1.54) is 5.56 Å². The van der Waals surface area contributed by atoms with Gasteiger partial charge in [0.15, 0.2) is 0 Å². The van der Waals surface area contributed by atoms with Gasteiger partial charge in [-0.3, -0.25) is 9.48 Å². The summed E-state index contributed by atoms with van der Waals surface area (Å²) in [6, 6.07) is 26.5. The SMILES string of the molecule is Cc1cccc2c1cnn2CCC(=O)N(Cc1ccccc1)Cc1ccccc1. The van der Waals surface area contributed by atoms with Crippen molar-refractivity contribution in [3.63, 3.8) is 0 Å². The second kappa shape index (κ2) is 8.74. The fourth-order valence-corrected chi connectivity index (χ4v) is 3.63. The van der Waals surface area contributed by atoms with Gasteiger partial charge in [0.2, 0.25) is 5.91 Å². The van der Waals surface area contributed by atoms with E-state index in [0.29, 0.717) is 26.1 Å². The second-order valence-electron chi connectivity index (χ2n) is 7.35. The van der Waals surface area contributed by atoms with Gasteiger partial charge in [0.05, 0.1) is 18.3 Å². The monoisotopic (exact) mass is 383 g/mol. The zero-order valence-electron chi connectivity index (χ0n) is 16.7. The third kappa shape index (κ3) is 4.54. The number of rotatable bonds is 7. The van der Waals surface area contributed by atoms with Crippen LogP contribution in [-0.4, -0.2) is 20.6 Å². The number of aromatic nitrogens is 2. The van der Waals surface area contributed by atoms with E-state index in [1.54, 1.807) is 0 Å². The number of amides is 1. The van der Waals surface area contributed by atoms with E-state index in [0.717, 1.165) is 22.0 Å². The Kier molecular flexibility index (Phi) is 5.71. The lowest BCUT2D eigenvalue weighted by molar-refractivity contribution is -0.132. The molecule has 1 aromatic heterocycles. The standard InChI is InChI=1S/C25H25N3O/c1-20-9-8-14-24-23(20)17-26-28(24)16-15-25(29)27(18-21-10-4-2-5-11-21)19-22-12-6-3-7-13-22/h2-14,17H,15-16,18-19H2,1H3. The first kappa shape index (κ1) is 18.9. The molecule has 0 N–H and O–H groups in total. The van der Waals surface area contributed by atoms with Crippen molar-refractivity contribution in [2.75, 3.05) is 0 Å². The summed E-state index contributed by atoms with van der Waals surface area (Å²) in [6.45, 7) is 3.87. The van der Waals surface area contributed by atoms with Crippen LogP contribution in [0.15, 0.2) is 85.1 Å². The van der Waals surface area contributed by atoms with Gasteiger partial charge in [-0.1, -0.05) is 72.8 Å². The summed E-state index contributed by atoms with van der Waals surface area (Å²) in [7, 11) is 0. The van der Waals surface area contributed by atoms with Crippen molar-refractivity contribution < 1.29 is 4.79 Å². The Labute approximate surface area is 171 Å². The van der Waals surface area contributed by atoms with E-state index in [2.05, 4.69) is 48.4 Å². The number of fused-ring (bicyclic) bond motifs is 1. The first-order chi connectivity index (χ1) is 14.2. The first-order valence-corrected chi connectivity index (χ1v) is 9.97. The highest BCUT2D eigenvalue weighted by Crippen LogP contribution is 2.18. The van der Waals surface area contributed by atoms with Gasteiger partial charge in [-0.25, -0.2) is 0 Å². The molecule has 0 unspecified atom stereocenters. The summed E-state index contributed by atoms with van der Waals surface area (Å²) in [5, 5.41) is 5.65. The van der Waals surface area contributed by atoms with Crippen LogP contribution < -0.4 is 0 Å². The Balaban J connectivity index is 1.50. The Morgan fingerprint density at radius 2 is 1.48 bits per heavy atom. The van der Waals surface area contributed by atoms with E-state index in [1.807, 2.05) is 58.2 Å². The van der Waals surface area contributed by atoms with Gasteiger partial charge in [0.25, 0.3) is 0 Å². The van der Waals surface area contributed by atoms with Crippen molar-refractivity contribution >= 4 is 16.8 Å². The summed E-state index contributed by atoms with van der Waals surface area (Å²) in [5.41, 5.74) is 4.55. The molecule has 1 heterocycles. The molecule has 0 saturated heterocycles. The molecule has 4 heteroatoms. The molecule has 1 amide bonds. The molecule has 0 fully saturated rings. The van der Waals surface area contributed by atoms with Crippen LogP contribution in [0.1, 0.15) is 23.1 Å². The van der Waals surface area contributed by atoms with E-state index in [9.17, 15) is 4.79 Å². The minimum atomic E-state index is 0.133. The number of carbonyl (C=O) groups excluding carboxylic acids is 1. The molecule has 0 radical (unpaired) electrons. The van der Waals surface area contributed by atoms with Crippen LogP contribution in [-0.2, 0) is 24.4 Å². The van der Waals surface area contributed by atoms with Crippen LogP contribution in [0.2, 0.25) is 0 Å². The molecule has 3 aromatic carbocycles. The van der Waals surface area contributed by atoms with Crippen molar-refractivity contribution in [2.45, 2.75) is 33.0 Å². The molecular weight excluding hydrogens is 358 g/mol. The van der Waals surface area contributed by atoms with Crippen molar-refractivity contribution in [2.24, 2.45) is 0 Å². The zero-order chi connectivity index (χ0) is 20.1. The molecule has 0 aliphatic rings. The van der Waals surface area contributed by atoms with Crippen molar-refractivity contribution in [3.8, 4) is 0 Å². The molecule has 4 rings (SSSR count). The number of nitrogens with zero attached hydrogens (tertiary/aromatic N) is 3. The normalized spacial score (nSPS) is 10.9. The summed E-state index contributed by atoms with van der Waals surface area (Å²) in [4.78, 5) is 15.1. The Morgan fingerprint density at radius 1 is 0.862 bits per heavy atom. The van der Waals surface area contributed by atoms with Gasteiger partial charge >= 0.3 is 0 Å². The molecule has 0 saturated carbocycles. The van der Waals surface area contributed by atoms with Gasteiger partial charge in [0, 0.05) is 24.9 Å². The highest BCUT2D eigenvalue weighted by Gasteiger charge is 2.16. The predicted octanol–water partition coefficient (Wildman–Crippen LogP) is 4.96. The van der Waals surface area contributed by atoms with E-state index in [4.69, 9.17) is 0 Å². The van der Waals surface area contributed by atoms with Gasteiger partial charge in [0.1, 0.15) is 0 Å². The molecule has 4 aromatic rings. The van der Waals surface area contributed by atoms with Crippen LogP contribution in [0.25, 0.3) is 10.9 Å². The molecule has 4 nitrogen and oxygen atoms in total. The van der Waals surface area contributed by atoms with Gasteiger partial charge < -0.3 is 4.90 Å². The van der Waals surface area contributed by atoms with Crippen LogP contribution in [0.3, 0.4) is 0 Å². The van der Waals surface area contributed by atoms with Crippen LogP contribution in [0.4, 0.5) is 0 Å². The fourth-order valence-electron chi connectivity index (χ4n) is 3.63. The lowest BCUT2D eigenvalue weighted by Gasteiger charge is -2.23. The minimum absolute atomic E-state index is 0.133. The van der Waals surface area contributed by atoms with Gasteiger partial charge in [-0.15, -0.1) is 0 Å². The average molecular weight is 383 g/mol. The molecule has 0 bridgehead atoms. The highest BCUT2D eigenvalue weighted by atomic mass is 16.2. The van der Waals surface area contributed by atoms with Crippen LogP contribution in [0, 0.1) is 6.92 Å². The van der Waals surface area contributed by atoms with Gasteiger partial charge in [-0.2, -0.15) is 5.10 Å². The maximum absolute atomic E-state index is 13.1. The molecule has 0 aliphatic carbocycles.